The Morgan fingerprint density at radius 1 is 1.14 bits per heavy atom. The van der Waals surface area contributed by atoms with Gasteiger partial charge in [0, 0.05) is 31.8 Å². The van der Waals surface area contributed by atoms with Crippen LogP contribution >= 0.6 is 39.0 Å². The number of thiazole rings is 1. The van der Waals surface area contributed by atoms with Crippen molar-refractivity contribution in [2.24, 2.45) is 29.6 Å². The normalized spacial score (nSPS) is 28.8. The number of carboxylic acid groups (broad SMARTS) is 1. The van der Waals surface area contributed by atoms with Crippen LogP contribution in [0.3, 0.4) is 0 Å². The predicted octanol–water partition coefficient (Wildman–Crippen LogP) is 4.47. The Kier molecular flexibility index (Phi) is 7.25. The van der Waals surface area contributed by atoms with Crippen molar-refractivity contribution >= 4 is 68.4 Å². The van der Waals surface area contributed by atoms with E-state index in [1.807, 2.05) is 43.3 Å². The number of carboxylic acids is 1. The average molecular weight is 699 g/mol. The van der Waals surface area contributed by atoms with Crippen molar-refractivity contribution in [3.63, 3.8) is 0 Å². The van der Waals surface area contributed by atoms with Crippen molar-refractivity contribution in [1.82, 2.24) is 9.88 Å². The molecule has 3 aromatic rings. The standard InChI is InChI=1S/C31H28BrN3O7S2/c1-12-5-3-4-6-18(12)33-20(36)11-42-19-8-7-14(32)9-15(19)21-22-16-10-17(25(22)43-27-26(21)44-31(41)34-27)24-23(16)28(37)35(29(24)38)13(2)30(39)40/h3-9,13,16-17,21-25H,10-11H2,1-2H3,(H,33,36)(H,34,41)(H,39,40)/t13?,16?,17?,21-,22?,23?,24?,25?/m1/s1. The number of ether oxygens (including phenoxy) is 1. The molecule has 2 bridgehead atoms. The first-order valence-corrected chi connectivity index (χ1v) is 16.8. The third-order valence-corrected chi connectivity index (χ3v) is 12.7. The van der Waals surface area contributed by atoms with Gasteiger partial charge in [-0.3, -0.25) is 24.1 Å². The quantitative estimate of drug-likeness (QED) is 0.307. The molecule has 0 spiro atoms. The fourth-order valence-corrected chi connectivity index (χ4v) is 11.1. The second kappa shape index (κ2) is 10.9. The molecule has 4 aliphatic rings. The van der Waals surface area contributed by atoms with E-state index in [0.717, 1.165) is 41.7 Å². The fraction of sp³-hybridized carbons (Fsp3) is 0.387. The van der Waals surface area contributed by atoms with Crippen molar-refractivity contribution in [2.45, 2.75) is 42.5 Å². The second-order valence-electron chi connectivity index (χ2n) is 11.9. The van der Waals surface area contributed by atoms with Crippen LogP contribution in [-0.2, 0) is 19.2 Å². The molecule has 1 aromatic heterocycles. The molecule has 3 fully saturated rings. The molecule has 0 radical (unpaired) electrons. The number of H-pyrrole nitrogens is 1. The number of aliphatic carboxylic acids is 1. The molecule has 3 heterocycles. The number of hydrogen-bond acceptors (Lipinski definition) is 8. The summed E-state index contributed by atoms with van der Waals surface area (Å²) >= 11 is 6.26. The number of aromatic amines is 1. The van der Waals surface area contributed by atoms with Gasteiger partial charge < -0.3 is 20.1 Å². The molecule has 3 N–H and O–H groups in total. The number of carbonyl (C=O) groups is 4. The number of nitrogens with zero attached hydrogens (tertiary/aromatic N) is 1. The number of likely N-dealkylation sites (tertiary alicyclic amines) is 1. The molecule has 7 unspecified atom stereocenters. The number of nitrogens with one attached hydrogen (secondary N) is 2. The first-order chi connectivity index (χ1) is 21.0. The summed E-state index contributed by atoms with van der Waals surface area (Å²) in [5.74, 6) is -3.82. The number of hydrogen-bond donors (Lipinski definition) is 3. The average Bonchev–Trinajstić information content (AvgIpc) is 3.72. The number of halogens is 1. The molecule has 228 valence electrons. The summed E-state index contributed by atoms with van der Waals surface area (Å²) in [6.07, 6.45) is 0.670. The summed E-state index contributed by atoms with van der Waals surface area (Å²) in [5, 5.41) is 13.2. The van der Waals surface area contributed by atoms with E-state index in [0.29, 0.717) is 17.9 Å². The fourth-order valence-electron chi connectivity index (χ4n) is 7.82. The van der Waals surface area contributed by atoms with E-state index in [2.05, 4.69) is 26.2 Å². The van der Waals surface area contributed by atoms with Crippen molar-refractivity contribution in [3.8, 4) is 5.75 Å². The number of carbonyl (C=O) groups excluding carboxylic acids is 3. The topological polar surface area (TPSA) is 146 Å². The van der Waals surface area contributed by atoms with Gasteiger partial charge in [0.2, 0.25) is 11.8 Å². The maximum Gasteiger partial charge on any atom is 0.326 e. The summed E-state index contributed by atoms with van der Waals surface area (Å²) in [6.45, 7) is 3.04. The summed E-state index contributed by atoms with van der Waals surface area (Å²) < 4.78 is 6.94. The molecule has 13 heteroatoms. The lowest BCUT2D eigenvalue weighted by Gasteiger charge is -2.43. The lowest BCUT2D eigenvalue weighted by atomic mass is 9.68. The van der Waals surface area contributed by atoms with Crippen LogP contribution in [0.2, 0.25) is 0 Å². The minimum Gasteiger partial charge on any atom is -0.483 e. The molecular weight excluding hydrogens is 670 g/mol. The number of aromatic nitrogens is 1. The van der Waals surface area contributed by atoms with Gasteiger partial charge in [0.05, 0.1) is 16.9 Å². The smallest absolute Gasteiger partial charge is 0.326 e. The molecule has 44 heavy (non-hydrogen) atoms. The van der Waals surface area contributed by atoms with Gasteiger partial charge in [-0.25, -0.2) is 4.79 Å². The summed E-state index contributed by atoms with van der Waals surface area (Å²) in [6, 6.07) is 11.8. The highest BCUT2D eigenvalue weighted by Crippen LogP contribution is 2.69. The number of imide groups is 1. The maximum absolute atomic E-state index is 13.7. The summed E-state index contributed by atoms with van der Waals surface area (Å²) in [7, 11) is 0. The Morgan fingerprint density at radius 3 is 2.59 bits per heavy atom. The van der Waals surface area contributed by atoms with E-state index in [1.54, 1.807) is 17.8 Å². The Labute approximate surface area is 268 Å². The number of amides is 3. The minimum absolute atomic E-state index is 0.0722. The number of rotatable bonds is 7. The van der Waals surface area contributed by atoms with E-state index in [4.69, 9.17) is 4.74 Å². The molecule has 2 aliphatic carbocycles. The number of benzene rings is 2. The molecule has 7 rings (SSSR count). The lowest BCUT2D eigenvalue weighted by Crippen LogP contribution is -2.44. The molecule has 10 nitrogen and oxygen atoms in total. The van der Waals surface area contributed by atoms with Crippen LogP contribution in [0, 0.1) is 36.5 Å². The van der Waals surface area contributed by atoms with Crippen LogP contribution in [-0.4, -0.2) is 56.6 Å². The van der Waals surface area contributed by atoms with Gasteiger partial charge in [0.1, 0.15) is 11.8 Å². The maximum atomic E-state index is 13.7. The zero-order chi connectivity index (χ0) is 31.0. The molecule has 2 saturated carbocycles. The predicted molar refractivity (Wildman–Crippen MR) is 167 cm³/mol. The highest BCUT2D eigenvalue weighted by atomic mass is 79.9. The van der Waals surface area contributed by atoms with Crippen LogP contribution in [0.15, 0.2) is 56.8 Å². The van der Waals surface area contributed by atoms with Crippen LogP contribution in [0.25, 0.3) is 0 Å². The molecule has 3 amide bonds. The van der Waals surface area contributed by atoms with Gasteiger partial charge in [0.25, 0.3) is 5.91 Å². The first kappa shape index (κ1) is 29.3. The molecule has 2 aliphatic heterocycles. The monoisotopic (exact) mass is 697 g/mol. The Hall–Kier alpha value is -3.42. The van der Waals surface area contributed by atoms with Crippen LogP contribution in [0.4, 0.5) is 5.69 Å². The third-order valence-electron chi connectivity index (χ3n) is 9.59. The van der Waals surface area contributed by atoms with Crippen LogP contribution in [0.1, 0.15) is 35.3 Å². The van der Waals surface area contributed by atoms with Crippen LogP contribution in [0.5, 0.6) is 5.75 Å². The summed E-state index contributed by atoms with van der Waals surface area (Å²) in [5.41, 5.74) is 2.41. The van der Waals surface area contributed by atoms with E-state index in [9.17, 15) is 29.1 Å². The Balaban J connectivity index is 1.24. The lowest BCUT2D eigenvalue weighted by molar-refractivity contribution is -0.154. The first-order valence-electron chi connectivity index (χ1n) is 14.3. The molecule has 8 atom stereocenters. The van der Waals surface area contributed by atoms with E-state index >= 15 is 0 Å². The zero-order valence-electron chi connectivity index (χ0n) is 23.6. The number of thioether (sulfide) groups is 1. The van der Waals surface area contributed by atoms with Gasteiger partial charge in [-0.1, -0.05) is 45.5 Å². The number of para-hydroxylation sites is 1. The highest BCUT2D eigenvalue weighted by molar-refractivity contribution is 9.10. The van der Waals surface area contributed by atoms with E-state index in [1.165, 1.54) is 6.92 Å². The van der Waals surface area contributed by atoms with Gasteiger partial charge in [-0.15, -0.1) is 11.8 Å². The molecular formula is C31H28BrN3O7S2. The Morgan fingerprint density at radius 2 is 1.86 bits per heavy atom. The Bertz CT molecular complexity index is 1790. The molecule has 1 saturated heterocycles. The van der Waals surface area contributed by atoms with Gasteiger partial charge in [-0.2, -0.15) is 0 Å². The SMILES string of the molecule is Cc1ccccc1NC(=O)COc1ccc(Br)cc1[C@H]1c2sc(=O)[nH]c2SC2C3CC(C4C(=O)N(C(C)C(=O)O)C(=O)C34)C21. The highest BCUT2D eigenvalue weighted by Gasteiger charge is 2.70. The van der Waals surface area contributed by atoms with Crippen LogP contribution < -0.4 is 14.9 Å². The minimum atomic E-state index is -1.24. The summed E-state index contributed by atoms with van der Waals surface area (Å²) in [4.78, 5) is 69.1. The van der Waals surface area contributed by atoms with Crippen molar-refractivity contribution in [3.05, 3.63) is 72.6 Å². The van der Waals surface area contributed by atoms with Crippen molar-refractivity contribution < 1.29 is 29.0 Å². The van der Waals surface area contributed by atoms with Gasteiger partial charge in [0.15, 0.2) is 6.61 Å². The third kappa shape index (κ3) is 4.54. The second-order valence-corrected chi connectivity index (χ2v) is 15.0. The molecule has 2 aromatic carbocycles. The largest absolute Gasteiger partial charge is 0.483 e. The van der Waals surface area contributed by atoms with Crippen molar-refractivity contribution in [1.29, 1.82) is 0 Å². The van der Waals surface area contributed by atoms with Gasteiger partial charge in [-0.05, 0) is 67.9 Å². The van der Waals surface area contributed by atoms with E-state index in [-0.39, 0.29) is 46.3 Å². The number of aryl methyl sites for hydroxylation is 1. The number of anilines is 1. The number of fused-ring (bicyclic) bond motifs is 9. The zero-order valence-corrected chi connectivity index (χ0v) is 26.8. The van der Waals surface area contributed by atoms with Gasteiger partial charge >= 0.3 is 10.8 Å². The van der Waals surface area contributed by atoms with E-state index < -0.39 is 35.7 Å². The van der Waals surface area contributed by atoms with Crippen molar-refractivity contribution in [2.75, 3.05) is 11.9 Å².